The van der Waals surface area contributed by atoms with Gasteiger partial charge in [0, 0.05) is 0 Å². The quantitative estimate of drug-likeness (QED) is 0.234. The second-order valence-corrected chi connectivity index (χ2v) is 9.21. The first kappa shape index (κ1) is 26.3. The molecule has 186 valence electrons. The molecular weight excluding hydrogens is 456 g/mol. The highest BCUT2D eigenvalue weighted by molar-refractivity contribution is 7.17. The van der Waals surface area contributed by atoms with E-state index in [1.807, 2.05) is 55.5 Å². The number of thiophene rings is 1. The number of nitrogens with one attached hydrogen (secondary N) is 1. The Bertz CT molecular complexity index is 1210. The fourth-order valence-electron chi connectivity index (χ4n) is 3.28. The number of hydrogen-bond donors (Lipinski definition) is 2. The fraction of sp³-hybridized carbons (Fsp3) is 0.357. The summed E-state index contributed by atoms with van der Waals surface area (Å²) in [7, 11) is 0. The zero-order valence-electron chi connectivity index (χ0n) is 21.2. The van der Waals surface area contributed by atoms with E-state index in [0.717, 1.165) is 52.5 Å². The van der Waals surface area contributed by atoms with Crippen LogP contribution in [0.4, 0.5) is 17.2 Å². The molecule has 0 saturated heterocycles. The summed E-state index contributed by atoms with van der Waals surface area (Å²) in [6.07, 6.45) is 4.95. The first-order valence-electron chi connectivity index (χ1n) is 12.2. The second-order valence-electron chi connectivity index (χ2n) is 8.35. The Morgan fingerprint density at radius 2 is 1.51 bits per heavy atom. The molecule has 4 aromatic rings. The number of anilines is 3. The zero-order valence-corrected chi connectivity index (χ0v) is 22.1. The third-order valence-corrected chi connectivity index (χ3v) is 6.63. The van der Waals surface area contributed by atoms with E-state index in [9.17, 15) is 0 Å². The van der Waals surface area contributed by atoms with Crippen molar-refractivity contribution in [3.63, 3.8) is 0 Å². The Balaban J connectivity index is 0.000000241. The molecule has 2 heterocycles. The molecule has 2 unspecified atom stereocenters. The molecule has 0 aliphatic heterocycles. The van der Waals surface area contributed by atoms with Crippen LogP contribution in [0.2, 0.25) is 0 Å². The number of aromatic nitrogens is 2. The third kappa shape index (κ3) is 7.09. The average Bonchev–Trinajstić information content (AvgIpc) is 3.31. The van der Waals surface area contributed by atoms with Crippen molar-refractivity contribution >= 4 is 38.7 Å². The van der Waals surface area contributed by atoms with Crippen molar-refractivity contribution in [1.82, 2.24) is 9.97 Å². The van der Waals surface area contributed by atoms with Gasteiger partial charge in [0.15, 0.2) is 0 Å². The minimum Gasteiger partial charge on any atom is -0.489 e. The molecule has 4 rings (SSSR count). The molecule has 2 aromatic carbocycles. The first-order valence-corrected chi connectivity index (χ1v) is 13.1. The van der Waals surface area contributed by atoms with Crippen LogP contribution in [0, 0.1) is 0 Å². The van der Waals surface area contributed by atoms with E-state index in [0.29, 0.717) is 5.69 Å². The number of para-hydroxylation sites is 4. The second kappa shape index (κ2) is 13.0. The molecule has 0 aliphatic carbocycles. The molecule has 7 heteroatoms. The van der Waals surface area contributed by atoms with Crippen LogP contribution in [0.1, 0.15) is 53.0 Å². The number of fused-ring (bicyclic) bond motifs is 1. The number of nitrogens with zero attached hydrogens (tertiary/aromatic N) is 2. The van der Waals surface area contributed by atoms with Gasteiger partial charge in [-0.1, -0.05) is 45.0 Å². The topological polar surface area (TPSA) is 82.3 Å². The van der Waals surface area contributed by atoms with Gasteiger partial charge >= 0.3 is 0 Å². The Hall–Kier alpha value is -3.32. The van der Waals surface area contributed by atoms with Crippen LogP contribution >= 0.6 is 11.3 Å². The lowest BCUT2D eigenvalue weighted by Gasteiger charge is -2.17. The summed E-state index contributed by atoms with van der Waals surface area (Å²) in [6.45, 7) is 10.5. The highest BCUT2D eigenvalue weighted by Gasteiger charge is 2.13. The van der Waals surface area contributed by atoms with Gasteiger partial charge in [-0.25, -0.2) is 9.97 Å². The van der Waals surface area contributed by atoms with E-state index in [-0.39, 0.29) is 12.2 Å². The number of nitrogens with two attached hydrogens (primary N) is 1. The Morgan fingerprint density at radius 1 is 0.886 bits per heavy atom. The lowest BCUT2D eigenvalue weighted by molar-refractivity contribution is 0.218. The van der Waals surface area contributed by atoms with E-state index in [1.165, 1.54) is 5.56 Å². The molecule has 0 saturated carbocycles. The predicted molar refractivity (Wildman–Crippen MR) is 148 cm³/mol. The highest BCUT2D eigenvalue weighted by atomic mass is 32.1. The van der Waals surface area contributed by atoms with Crippen LogP contribution in [0.3, 0.4) is 0 Å². The molecule has 2 atom stereocenters. The summed E-state index contributed by atoms with van der Waals surface area (Å²) in [5, 5.41) is 6.70. The van der Waals surface area contributed by atoms with E-state index < -0.39 is 0 Å². The lowest BCUT2D eigenvalue weighted by atomic mass is 10.2. The van der Waals surface area contributed by atoms with Crippen molar-refractivity contribution < 1.29 is 9.47 Å². The first-order chi connectivity index (χ1) is 17.0. The highest BCUT2D eigenvalue weighted by Crippen LogP contribution is 2.34. The van der Waals surface area contributed by atoms with Crippen molar-refractivity contribution in [3.8, 4) is 11.5 Å². The maximum Gasteiger partial charge on any atom is 0.143 e. The Morgan fingerprint density at radius 3 is 2.17 bits per heavy atom. The number of ether oxygens (including phenoxy) is 2. The zero-order chi connectivity index (χ0) is 25.2. The maximum atomic E-state index is 6.01. The normalized spacial score (nSPS) is 12.4. The SMILES string of the molecule is CCC(C)Oc1ccccc1N.CCc1csc2ncnc(Nc3ccccc3OC(C)CC)c12. The summed E-state index contributed by atoms with van der Waals surface area (Å²) in [4.78, 5) is 9.84. The maximum absolute atomic E-state index is 6.01. The summed E-state index contributed by atoms with van der Waals surface area (Å²) in [5.41, 5.74) is 8.61. The van der Waals surface area contributed by atoms with Crippen LogP contribution in [0.25, 0.3) is 10.2 Å². The summed E-state index contributed by atoms with van der Waals surface area (Å²) in [6, 6.07) is 15.6. The smallest absolute Gasteiger partial charge is 0.143 e. The van der Waals surface area contributed by atoms with Crippen molar-refractivity contribution in [3.05, 3.63) is 65.8 Å². The summed E-state index contributed by atoms with van der Waals surface area (Å²) in [5.74, 6) is 2.47. The number of benzene rings is 2. The summed E-state index contributed by atoms with van der Waals surface area (Å²) >= 11 is 1.66. The Labute approximate surface area is 212 Å². The van der Waals surface area contributed by atoms with Crippen molar-refractivity contribution in [2.45, 2.75) is 66.1 Å². The largest absolute Gasteiger partial charge is 0.489 e. The molecular formula is C28H36N4O2S. The molecule has 0 bridgehead atoms. The van der Waals surface area contributed by atoms with Gasteiger partial charge in [-0.05, 0) is 68.3 Å². The molecule has 2 aromatic heterocycles. The average molecular weight is 493 g/mol. The van der Waals surface area contributed by atoms with E-state index in [4.69, 9.17) is 15.2 Å². The van der Waals surface area contributed by atoms with Crippen LogP contribution in [0.15, 0.2) is 60.2 Å². The van der Waals surface area contributed by atoms with Gasteiger partial charge in [-0.15, -0.1) is 11.3 Å². The van der Waals surface area contributed by atoms with E-state index in [2.05, 4.69) is 48.4 Å². The number of hydrogen-bond acceptors (Lipinski definition) is 7. The molecule has 0 spiro atoms. The monoisotopic (exact) mass is 492 g/mol. The van der Waals surface area contributed by atoms with Crippen LogP contribution in [-0.2, 0) is 6.42 Å². The predicted octanol–water partition coefficient (Wildman–Crippen LogP) is 7.62. The van der Waals surface area contributed by atoms with Gasteiger partial charge in [-0.2, -0.15) is 0 Å². The fourth-order valence-corrected chi connectivity index (χ4v) is 4.27. The number of aryl methyl sites for hydroxylation is 1. The number of nitrogen functional groups attached to an aromatic ring is 1. The van der Waals surface area contributed by atoms with Crippen molar-refractivity contribution in [2.75, 3.05) is 11.1 Å². The van der Waals surface area contributed by atoms with Crippen molar-refractivity contribution in [2.24, 2.45) is 0 Å². The van der Waals surface area contributed by atoms with Crippen LogP contribution in [0.5, 0.6) is 11.5 Å². The molecule has 0 fully saturated rings. The van der Waals surface area contributed by atoms with Crippen LogP contribution in [-0.4, -0.2) is 22.2 Å². The van der Waals surface area contributed by atoms with E-state index in [1.54, 1.807) is 17.7 Å². The minimum atomic E-state index is 0.177. The van der Waals surface area contributed by atoms with Gasteiger partial charge in [0.2, 0.25) is 0 Å². The summed E-state index contributed by atoms with van der Waals surface area (Å²) < 4.78 is 11.6. The minimum absolute atomic E-state index is 0.177. The van der Waals surface area contributed by atoms with Gasteiger partial charge in [-0.3, -0.25) is 0 Å². The third-order valence-electron chi connectivity index (χ3n) is 5.69. The molecule has 6 nitrogen and oxygen atoms in total. The molecule has 35 heavy (non-hydrogen) atoms. The Kier molecular flexibility index (Phi) is 9.73. The molecule has 3 N–H and O–H groups in total. The van der Waals surface area contributed by atoms with Gasteiger partial charge in [0.05, 0.1) is 29.0 Å². The molecule has 0 amide bonds. The lowest BCUT2D eigenvalue weighted by Crippen LogP contribution is -2.11. The van der Waals surface area contributed by atoms with Gasteiger partial charge in [0.25, 0.3) is 0 Å². The standard InChI is InChI=1S/C18H21N3OS.C10H15NO/c1-4-12(3)22-15-9-7-6-8-14(15)21-17-16-13(5-2)10-23-18(16)20-11-19-17;1-3-8(2)12-10-7-5-4-6-9(10)11/h6-12H,4-5H2,1-3H3,(H,19,20,21);4-8H,3,11H2,1-2H3. The van der Waals surface area contributed by atoms with E-state index >= 15 is 0 Å². The molecule has 0 radical (unpaired) electrons. The molecule has 0 aliphatic rings. The van der Waals surface area contributed by atoms with Crippen molar-refractivity contribution in [1.29, 1.82) is 0 Å². The number of rotatable bonds is 9. The van der Waals surface area contributed by atoms with Crippen LogP contribution < -0.4 is 20.5 Å². The van der Waals surface area contributed by atoms with Gasteiger partial charge < -0.3 is 20.5 Å². The van der Waals surface area contributed by atoms with Gasteiger partial charge in [0.1, 0.15) is 28.5 Å².